The molecule has 4 rings (SSSR count). The molecular formula is C22H25ClN4O5. The molecule has 1 fully saturated rings. The number of nitrogens with one attached hydrogen (secondary N) is 1. The second-order valence-corrected chi connectivity index (χ2v) is 7.62. The van der Waals surface area contributed by atoms with Crippen LogP contribution in [-0.2, 0) is 27.4 Å². The molecule has 0 unspecified atom stereocenters. The summed E-state index contributed by atoms with van der Waals surface area (Å²) in [4.78, 5) is 40.7. The SMILES string of the molecule is CN1Cc2cc(N3CCO[C@H]([C@@H](O)C(=O)Nc4ccc(CN)cc4)C3=O)ccc2C1=O.Cl. The van der Waals surface area contributed by atoms with Gasteiger partial charge in [0, 0.05) is 43.6 Å². The lowest BCUT2D eigenvalue weighted by atomic mass is 10.1. The van der Waals surface area contributed by atoms with Crippen LogP contribution < -0.4 is 16.0 Å². The van der Waals surface area contributed by atoms with E-state index in [1.54, 1.807) is 54.4 Å². The summed E-state index contributed by atoms with van der Waals surface area (Å²) in [6.45, 7) is 1.30. The molecule has 0 saturated carbocycles. The topological polar surface area (TPSA) is 125 Å². The van der Waals surface area contributed by atoms with E-state index in [0.29, 0.717) is 30.0 Å². The van der Waals surface area contributed by atoms with Gasteiger partial charge in [-0.15, -0.1) is 12.4 Å². The average molecular weight is 461 g/mol. The first-order valence-electron chi connectivity index (χ1n) is 9.98. The van der Waals surface area contributed by atoms with Crippen molar-refractivity contribution in [2.45, 2.75) is 25.3 Å². The lowest BCUT2D eigenvalue weighted by Crippen LogP contribution is -2.55. The molecule has 2 aromatic carbocycles. The fourth-order valence-corrected chi connectivity index (χ4v) is 3.79. The smallest absolute Gasteiger partial charge is 0.259 e. The number of ether oxygens (including phenoxy) is 1. The highest BCUT2D eigenvalue weighted by atomic mass is 35.5. The molecule has 0 bridgehead atoms. The van der Waals surface area contributed by atoms with E-state index in [9.17, 15) is 19.5 Å². The van der Waals surface area contributed by atoms with Gasteiger partial charge in [-0.25, -0.2) is 0 Å². The standard InChI is InChI=1S/C22H24N4O5.ClH/c1-25-12-14-10-16(6-7-17(14)21(25)29)26-8-9-31-19(22(26)30)18(27)20(28)24-15-4-2-13(11-23)3-5-15;/h2-7,10,18-19,27H,8-9,11-12,23H2,1H3,(H,24,28);1H/t18-,19-;/m1./s1. The van der Waals surface area contributed by atoms with Crippen LogP contribution >= 0.6 is 12.4 Å². The third kappa shape index (κ3) is 4.46. The molecule has 3 amide bonds. The molecular weight excluding hydrogens is 436 g/mol. The van der Waals surface area contributed by atoms with Crippen LogP contribution in [0.4, 0.5) is 11.4 Å². The van der Waals surface area contributed by atoms with Gasteiger partial charge in [-0.05, 0) is 41.5 Å². The van der Waals surface area contributed by atoms with E-state index in [1.165, 1.54) is 4.90 Å². The molecule has 2 aromatic rings. The Morgan fingerprint density at radius 3 is 2.66 bits per heavy atom. The fourth-order valence-electron chi connectivity index (χ4n) is 3.79. The highest BCUT2D eigenvalue weighted by Gasteiger charge is 2.39. The molecule has 170 valence electrons. The highest BCUT2D eigenvalue weighted by molar-refractivity contribution is 6.04. The number of anilines is 2. The number of nitrogens with two attached hydrogens (primary N) is 1. The number of fused-ring (bicyclic) bond motifs is 1. The summed E-state index contributed by atoms with van der Waals surface area (Å²) in [5, 5.41) is 13.1. The number of carbonyl (C=O) groups is 3. The number of aliphatic hydroxyl groups is 1. The van der Waals surface area contributed by atoms with Gasteiger partial charge < -0.3 is 30.7 Å². The van der Waals surface area contributed by atoms with Crippen LogP contribution in [-0.4, -0.2) is 60.1 Å². The number of amides is 3. The van der Waals surface area contributed by atoms with Crippen LogP contribution in [0, 0.1) is 0 Å². The van der Waals surface area contributed by atoms with E-state index >= 15 is 0 Å². The summed E-state index contributed by atoms with van der Waals surface area (Å²) in [7, 11) is 1.72. The van der Waals surface area contributed by atoms with Gasteiger partial charge in [0.05, 0.1) is 6.61 Å². The Morgan fingerprint density at radius 2 is 1.97 bits per heavy atom. The van der Waals surface area contributed by atoms with Crippen molar-refractivity contribution in [2.24, 2.45) is 5.73 Å². The van der Waals surface area contributed by atoms with Gasteiger partial charge in [0.1, 0.15) is 0 Å². The molecule has 0 aliphatic carbocycles. The molecule has 2 heterocycles. The van der Waals surface area contributed by atoms with Gasteiger partial charge >= 0.3 is 0 Å². The maximum Gasteiger partial charge on any atom is 0.259 e. The number of aliphatic hydroxyl groups excluding tert-OH is 1. The van der Waals surface area contributed by atoms with E-state index in [1.807, 2.05) is 0 Å². The van der Waals surface area contributed by atoms with Gasteiger partial charge in [0.2, 0.25) is 0 Å². The molecule has 0 spiro atoms. The number of benzene rings is 2. The Labute approximate surface area is 191 Å². The minimum atomic E-state index is -1.67. The fraction of sp³-hybridized carbons (Fsp3) is 0.318. The molecule has 4 N–H and O–H groups in total. The molecule has 2 atom stereocenters. The number of carbonyl (C=O) groups excluding carboxylic acids is 3. The van der Waals surface area contributed by atoms with E-state index < -0.39 is 24.0 Å². The van der Waals surface area contributed by atoms with Crippen LogP contribution in [0.3, 0.4) is 0 Å². The van der Waals surface area contributed by atoms with Crippen molar-refractivity contribution in [3.63, 3.8) is 0 Å². The Kier molecular flexibility index (Phi) is 7.15. The summed E-state index contributed by atoms with van der Waals surface area (Å²) >= 11 is 0. The lowest BCUT2D eigenvalue weighted by molar-refractivity contribution is -0.150. The van der Waals surface area contributed by atoms with Gasteiger partial charge in [-0.3, -0.25) is 14.4 Å². The zero-order valence-electron chi connectivity index (χ0n) is 17.5. The summed E-state index contributed by atoms with van der Waals surface area (Å²) in [6, 6.07) is 12.1. The molecule has 1 saturated heterocycles. The van der Waals surface area contributed by atoms with Gasteiger partial charge in [0.25, 0.3) is 17.7 Å². The summed E-state index contributed by atoms with van der Waals surface area (Å²) < 4.78 is 5.44. The lowest BCUT2D eigenvalue weighted by Gasteiger charge is -2.34. The minimum Gasteiger partial charge on any atom is -0.380 e. The summed E-state index contributed by atoms with van der Waals surface area (Å²) in [5.41, 5.74) is 9.00. The monoisotopic (exact) mass is 460 g/mol. The highest BCUT2D eigenvalue weighted by Crippen LogP contribution is 2.28. The number of rotatable bonds is 5. The number of halogens is 1. The second-order valence-electron chi connectivity index (χ2n) is 7.62. The van der Waals surface area contributed by atoms with Crippen LogP contribution in [0.2, 0.25) is 0 Å². The number of morpholine rings is 1. The van der Waals surface area contributed by atoms with Crippen molar-refractivity contribution < 1.29 is 24.2 Å². The largest absolute Gasteiger partial charge is 0.380 e. The maximum atomic E-state index is 13.0. The number of hydrogen-bond acceptors (Lipinski definition) is 6. The van der Waals surface area contributed by atoms with E-state index in [0.717, 1.165) is 11.1 Å². The predicted molar refractivity (Wildman–Crippen MR) is 121 cm³/mol. The Bertz CT molecular complexity index is 1030. The Hall–Kier alpha value is -2.98. The third-order valence-electron chi connectivity index (χ3n) is 5.52. The van der Waals surface area contributed by atoms with Crippen LogP contribution in [0.5, 0.6) is 0 Å². The van der Waals surface area contributed by atoms with Crippen molar-refractivity contribution in [1.82, 2.24) is 4.90 Å². The minimum absolute atomic E-state index is 0. The van der Waals surface area contributed by atoms with Crippen molar-refractivity contribution in [3.05, 3.63) is 59.2 Å². The molecule has 2 aliphatic heterocycles. The first-order chi connectivity index (χ1) is 14.9. The van der Waals surface area contributed by atoms with Crippen molar-refractivity contribution >= 4 is 41.5 Å². The van der Waals surface area contributed by atoms with Gasteiger partial charge in [0.15, 0.2) is 12.2 Å². The molecule has 0 aromatic heterocycles. The van der Waals surface area contributed by atoms with E-state index in [4.69, 9.17) is 10.5 Å². The number of nitrogens with zero attached hydrogens (tertiary/aromatic N) is 2. The zero-order valence-corrected chi connectivity index (χ0v) is 18.3. The normalized spacial score (nSPS) is 18.8. The Balaban J connectivity index is 0.00000289. The first-order valence-corrected chi connectivity index (χ1v) is 9.98. The van der Waals surface area contributed by atoms with Crippen LogP contribution in [0.15, 0.2) is 42.5 Å². The second kappa shape index (κ2) is 9.66. The maximum absolute atomic E-state index is 13.0. The predicted octanol–water partition coefficient (Wildman–Crippen LogP) is 0.884. The average Bonchev–Trinajstić information content (AvgIpc) is 3.06. The number of hydrogen-bond donors (Lipinski definition) is 3. The van der Waals surface area contributed by atoms with Gasteiger partial charge in [-0.2, -0.15) is 0 Å². The molecule has 10 heteroatoms. The van der Waals surface area contributed by atoms with Gasteiger partial charge in [-0.1, -0.05) is 12.1 Å². The van der Waals surface area contributed by atoms with Crippen molar-refractivity contribution in [3.8, 4) is 0 Å². The quantitative estimate of drug-likeness (QED) is 0.608. The molecule has 0 radical (unpaired) electrons. The summed E-state index contributed by atoms with van der Waals surface area (Å²) in [5.74, 6) is -1.30. The van der Waals surface area contributed by atoms with Crippen molar-refractivity contribution in [2.75, 3.05) is 30.4 Å². The van der Waals surface area contributed by atoms with Crippen molar-refractivity contribution in [1.29, 1.82) is 0 Å². The molecule has 9 nitrogen and oxygen atoms in total. The molecule has 2 aliphatic rings. The van der Waals surface area contributed by atoms with E-state index in [2.05, 4.69) is 5.32 Å². The summed E-state index contributed by atoms with van der Waals surface area (Å²) in [6.07, 6.45) is -3.00. The Morgan fingerprint density at radius 1 is 1.25 bits per heavy atom. The first kappa shape index (κ1) is 23.7. The zero-order chi connectivity index (χ0) is 22.1. The van der Waals surface area contributed by atoms with Crippen LogP contribution in [0.25, 0.3) is 0 Å². The third-order valence-corrected chi connectivity index (χ3v) is 5.52. The van der Waals surface area contributed by atoms with Crippen LogP contribution in [0.1, 0.15) is 21.5 Å². The molecule has 32 heavy (non-hydrogen) atoms. The van der Waals surface area contributed by atoms with E-state index in [-0.39, 0.29) is 31.5 Å².